The average molecular weight is 581 g/mol. The lowest BCUT2D eigenvalue weighted by molar-refractivity contribution is -0.244. The Balaban J connectivity index is 0.00000111. The van der Waals surface area contributed by atoms with E-state index in [4.69, 9.17) is 24.8 Å². The number of nitrogens with zero attached hydrogens (tertiary/aromatic N) is 6. The van der Waals surface area contributed by atoms with Crippen molar-refractivity contribution >= 4 is 13.9 Å². The summed E-state index contributed by atoms with van der Waals surface area (Å²) in [4.78, 5) is 22.5. The van der Waals surface area contributed by atoms with Gasteiger partial charge in [-0.1, -0.05) is 13.5 Å². The van der Waals surface area contributed by atoms with Crippen LogP contribution in [0.4, 0.5) is 10.1 Å². The maximum absolute atomic E-state index is 15.1. The van der Waals surface area contributed by atoms with Crippen molar-refractivity contribution in [1.82, 2.24) is 24.6 Å². The molecular formula is C27H42FN6O5P. The van der Waals surface area contributed by atoms with E-state index in [-0.39, 0.29) is 27.3 Å². The second-order valence-electron chi connectivity index (χ2n) is 9.81. The molecule has 0 bridgehead atoms. The van der Waals surface area contributed by atoms with Gasteiger partial charge in [-0.3, -0.25) is 4.68 Å². The Kier molecular flexibility index (Phi) is 13.2. The van der Waals surface area contributed by atoms with E-state index in [0.717, 1.165) is 48.3 Å². The lowest BCUT2D eigenvalue weighted by Crippen LogP contribution is -2.44. The molecule has 222 valence electrons. The van der Waals surface area contributed by atoms with Crippen LogP contribution in [0.2, 0.25) is 0 Å². The monoisotopic (exact) mass is 580 g/mol. The van der Waals surface area contributed by atoms with Crippen molar-refractivity contribution in [3.63, 3.8) is 0 Å². The lowest BCUT2D eigenvalue weighted by atomic mass is 10.0. The van der Waals surface area contributed by atoms with Gasteiger partial charge in [0.15, 0.2) is 0 Å². The van der Waals surface area contributed by atoms with E-state index < -0.39 is 8.25 Å². The summed E-state index contributed by atoms with van der Waals surface area (Å²) in [7, 11) is -1.00. The Hall–Kier alpha value is -2.86. The molecule has 0 saturated carbocycles. The van der Waals surface area contributed by atoms with Gasteiger partial charge in [0, 0.05) is 62.2 Å². The molecule has 40 heavy (non-hydrogen) atoms. The summed E-state index contributed by atoms with van der Waals surface area (Å²) in [5, 5.41) is 20.6. The molecule has 1 fully saturated rings. The number of anilines is 1. The molecule has 4 rings (SSSR count). The minimum atomic E-state index is -3.04. The van der Waals surface area contributed by atoms with Gasteiger partial charge in [-0.05, 0) is 68.5 Å². The highest BCUT2D eigenvalue weighted by Crippen LogP contribution is 2.27. The first-order chi connectivity index (χ1) is 18.6. The van der Waals surface area contributed by atoms with Crippen molar-refractivity contribution < 1.29 is 30.3 Å². The Bertz CT molecular complexity index is 1240. The van der Waals surface area contributed by atoms with Gasteiger partial charge in [0.1, 0.15) is 11.6 Å². The number of halogens is 1. The normalized spacial score (nSPS) is 14.2. The summed E-state index contributed by atoms with van der Waals surface area (Å²) in [5.74, 6) is 0.461. The zero-order chi connectivity index (χ0) is 28.5. The number of aliphatic hydroxyl groups excluding tert-OH is 1. The quantitative estimate of drug-likeness (QED) is 0.215. The van der Waals surface area contributed by atoms with Crippen molar-refractivity contribution in [2.75, 3.05) is 38.2 Å². The number of hydrogen-bond acceptors (Lipinski definition) is 10. The van der Waals surface area contributed by atoms with Crippen LogP contribution in [0.15, 0.2) is 36.8 Å². The van der Waals surface area contributed by atoms with Crippen LogP contribution in [0.5, 0.6) is 0 Å². The number of hydrogen-bond donors (Lipinski definition) is 2. The van der Waals surface area contributed by atoms with Crippen LogP contribution in [0.25, 0.3) is 11.3 Å². The third-order valence-corrected chi connectivity index (χ3v) is 6.88. The van der Waals surface area contributed by atoms with Gasteiger partial charge in [-0.25, -0.2) is 19.6 Å². The van der Waals surface area contributed by atoms with E-state index in [1.807, 2.05) is 49.4 Å². The summed E-state index contributed by atoms with van der Waals surface area (Å²) in [6.45, 7) is 8.63. The maximum atomic E-state index is 15.1. The summed E-state index contributed by atoms with van der Waals surface area (Å²) in [6, 6.07) is 6.18. The van der Waals surface area contributed by atoms with Crippen molar-refractivity contribution in [3.05, 3.63) is 59.6 Å². The Morgan fingerprint density at radius 2 is 1.98 bits per heavy atom. The van der Waals surface area contributed by atoms with Gasteiger partial charge < -0.3 is 19.8 Å². The minimum Gasteiger partial charge on any atom is -0.565 e. The van der Waals surface area contributed by atoms with Crippen LogP contribution in [-0.2, 0) is 15.7 Å². The number of likely N-dealkylation sites (N-methyl/N-ethyl adjacent to an activating group) is 1. The molecule has 11 nitrogen and oxygen atoms in total. The number of aryl methyl sites for hydroxylation is 1. The fourth-order valence-corrected chi connectivity index (χ4v) is 4.59. The zero-order valence-electron chi connectivity index (χ0n) is 22.7. The van der Waals surface area contributed by atoms with E-state index in [9.17, 15) is 0 Å². The van der Waals surface area contributed by atoms with Gasteiger partial charge in [-0.15, -0.1) is 0 Å². The molecule has 1 atom stereocenters. The third-order valence-electron chi connectivity index (χ3n) is 6.75. The molecule has 0 spiro atoms. The average Bonchev–Trinajstić information content (AvgIpc) is 3.41. The van der Waals surface area contributed by atoms with Crippen LogP contribution in [0.3, 0.4) is 0 Å². The van der Waals surface area contributed by atoms with Gasteiger partial charge in [0.25, 0.3) is 0 Å². The molecule has 1 aliphatic rings. The molecule has 3 heterocycles. The molecular weight excluding hydrogens is 538 g/mol. The third kappa shape index (κ3) is 9.09. The standard InChI is InChI=1S/C26H35FN6O.CH4.HO4P.H2/c1-18(2)33-17-21(16-29-33)26-19(3)15-28-25(30-26)14-20-5-6-24(23(27)13-20)32-9-7-22(8-10-32)31(4)11-12-34;;1-4-5(2)3;/h5-6,13,15-18,22,34H,7-12,14H2,1-4H3;1H4;1H;1H. The highest BCUT2D eigenvalue weighted by molar-refractivity contribution is 7.30. The highest BCUT2D eigenvalue weighted by Gasteiger charge is 2.24. The van der Waals surface area contributed by atoms with Gasteiger partial charge in [-0.2, -0.15) is 5.10 Å². The molecule has 2 aromatic heterocycles. The molecule has 1 saturated heterocycles. The van der Waals surface area contributed by atoms with E-state index in [1.165, 1.54) is 0 Å². The van der Waals surface area contributed by atoms with Crippen LogP contribution in [-0.4, -0.2) is 74.3 Å². The smallest absolute Gasteiger partial charge is 0.521 e. The predicted octanol–water partition coefficient (Wildman–Crippen LogP) is 4.23. The Morgan fingerprint density at radius 1 is 1.30 bits per heavy atom. The maximum Gasteiger partial charge on any atom is 0.521 e. The second-order valence-corrected chi connectivity index (χ2v) is 10.4. The van der Waals surface area contributed by atoms with E-state index in [1.54, 1.807) is 6.07 Å². The van der Waals surface area contributed by atoms with E-state index in [0.29, 0.717) is 30.5 Å². The van der Waals surface area contributed by atoms with Crippen molar-refractivity contribution in [2.45, 2.75) is 59.5 Å². The first kappa shape index (κ1) is 33.3. The Labute approximate surface area is 237 Å². The van der Waals surface area contributed by atoms with E-state index in [2.05, 4.69) is 38.4 Å². The lowest BCUT2D eigenvalue weighted by Gasteiger charge is -2.37. The fourth-order valence-electron chi connectivity index (χ4n) is 4.59. The van der Waals surface area contributed by atoms with Crippen LogP contribution < -0.4 is 9.79 Å². The first-order valence-corrected chi connectivity index (χ1v) is 13.9. The molecule has 13 heteroatoms. The number of rotatable bonds is 9. The van der Waals surface area contributed by atoms with Crippen molar-refractivity contribution in [3.8, 4) is 11.3 Å². The summed E-state index contributed by atoms with van der Waals surface area (Å²) >= 11 is 0. The zero-order valence-corrected chi connectivity index (χ0v) is 23.6. The topological polar surface area (TPSA) is 140 Å². The SMILES string of the molecule is C.Cc1cnc(Cc2ccc(N3CCC(N(C)CCO)CC3)c(F)c2)nc1-c1cnn(C(C)C)c1.O=[P+]([O-])OO.[HH]. The number of aromatic nitrogens is 4. The first-order valence-electron chi connectivity index (χ1n) is 12.8. The number of benzene rings is 1. The molecule has 1 aromatic carbocycles. The molecule has 0 amide bonds. The largest absolute Gasteiger partial charge is 0.565 e. The van der Waals surface area contributed by atoms with Crippen molar-refractivity contribution in [1.29, 1.82) is 0 Å². The summed E-state index contributed by atoms with van der Waals surface area (Å²) in [6.07, 6.45) is 8.06. The number of aliphatic hydroxyl groups is 1. The van der Waals surface area contributed by atoms with Gasteiger partial charge in [0.05, 0.1) is 24.2 Å². The molecule has 2 N–H and O–H groups in total. The number of piperidine rings is 1. The summed E-state index contributed by atoms with van der Waals surface area (Å²) < 4.78 is 28.6. The summed E-state index contributed by atoms with van der Waals surface area (Å²) in [5.41, 5.74) is 4.32. The van der Waals surface area contributed by atoms with Crippen molar-refractivity contribution in [2.24, 2.45) is 0 Å². The predicted molar refractivity (Wildman–Crippen MR) is 153 cm³/mol. The van der Waals surface area contributed by atoms with Gasteiger partial charge in [0.2, 0.25) is 0 Å². The van der Waals surface area contributed by atoms with Gasteiger partial charge >= 0.3 is 8.25 Å². The fraction of sp³-hybridized carbons (Fsp3) is 0.519. The molecule has 3 aromatic rings. The van der Waals surface area contributed by atoms with Crippen LogP contribution in [0, 0.1) is 12.7 Å². The highest BCUT2D eigenvalue weighted by atomic mass is 31.1. The molecule has 1 unspecified atom stereocenters. The van der Waals surface area contributed by atoms with E-state index >= 15 is 4.39 Å². The Morgan fingerprint density at radius 3 is 2.52 bits per heavy atom. The van der Waals surface area contributed by atoms with Crippen LogP contribution in [0.1, 0.15) is 58.5 Å². The molecule has 1 aliphatic heterocycles. The minimum absolute atomic E-state index is 0. The molecule has 0 radical (unpaired) electrons. The van der Waals surface area contributed by atoms with Crippen LogP contribution >= 0.6 is 8.25 Å². The molecule has 0 aliphatic carbocycles. The second kappa shape index (κ2) is 15.8.